The molecule has 3 rings (SSSR count). The van der Waals surface area contributed by atoms with Crippen LogP contribution in [0.3, 0.4) is 0 Å². The van der Waals surface area contributed by atoms with Crippen molar-refractivity contribution >= 4 is 0 Å². The van der Waals surface area contributed by atoms with Crippen LogP contribution in [-0.4, -0.2) is 0 Å². The Kier molecular flexibility index (Phi) is 3.82. The maximum absolute atomic E-state index is 13.9. The highest BCUT2D eigenvalue weighted by atomic mass is 16.3. The van der Waals surface area contributed by atoms with Crippen LogP contribution in [0.2, 0.25) is 0 Å². The van der Waals surface area contributed by atoms with E-state index in [-0.39, 0.29) is 0 Å². The van der Waals surface area contributed by atoms with E-state index in [1.165, 1.54) is 0 Å². The normalized spacial score (nSPS) is 11.4. The smallest absolute Gasteiger partial charge is 0.179 e. The van der Waals surface area contributed by atoms with E-state index in [4.69, 9.17) is 0 Å². The maximum Gasteiger partial charge on any atom is 0.179 e. The average Bonchev–Trinajstić information content (AvgIpc) is 2.56. The molecule has 0 fully saturated rings. The molecule has 0 saturated carbocycles. The molecule has 3 aromatic rings. The van der Waals surface area contributed by atoms with E-state index in [9.17, 15) is 5.11 Å². The fourth-order valence-corrected chi connectivity index (χ4v) is 2.75. The molecule has 0 aliphatic carbocycles. The van der Waals surface area contributed by atoms with Crippen molar-refractivity contribution in [3.05, 3.63) is 107 Å². The van der Waals surface area contributed by atoms with Gasteiger partial charge in [0.15, 0.2) is 5.60 Å². The first kappa shape index (κ1) is 14.6. The molecule has 0 amide bonds. The van der Waals surface area contributed by atoms with Gasteiger partial charge in [-0.1, -0.05) is 90.0 Å². The molecule has 3 aromatic carbocycles. The van der Waals surface area contributed by atoms with Crippen LogP contribution < -0.4 is 0 Å². The molecule has 1 radical (unpaired) electrons. The second-order valence-electron chi connectivity index (χ2n) is 5.78. The quantitative estimate of drug-likeness (QED) is 0.602. The molecule has 0 aromatic heterocycles. The molecule has 0 bridgehead atoms. The van der Waals surface area contributed by atoms with Gasteiger partial charge in [-0.25, -0.2) is 5.11 Å². The van der Waals surface area contributed by atoms with Crippen molar-refractivity contribution < 1.29 is 5.11 Å². The Morgan fingerprint density at radius 3 is 1.32 bits per heavy atom. The Hall–Kier alpha value is -2.38. The van der Waals surface area contributed by atoms with Gasteiger partial charge < -0.3 is 0 Å². The first-order valence-electron chi connectivity index (χ1n) is 7.51. The standard InChI is InChI=1S/C21H19O/c1-16-8-12-19(13-9-16)21(22,18-6-4-3-5-7-18)20-14-10-17(2)11-15-20/h3-15H,1-2H3. The van der Waals surface area contributed by atoms with E-state index < -0.39 is 5.60 Å². The summed E-state index contributed by atoms with van der Waals surface area (Å²) in [5.74, 6) is 0. The third-order valence-corrected chi connectivity index (χ3v) is 4.10. The summed E-state index contributed by atoms with van der Waals surface area (Å²) in [5, 5.41) is 13.9. The molecule has 1 nitrogen and oxygen atoms in total. The minimum absolute atomic E-state index is 0.766. The van der Waals surface area contributed by atoms with E-state index in [0.29, 0.717) is 0 Å². The van der Waals surface area contributed by atoms with E-state index in [2.05, 4.69) is 0 Å². The molecule has 0 unspecified atom stereocenters. The molecule has 0 aliphatic heterocycles. The molecule has 22 heavy (non-hydrogen) atoms. The number of aryl methyl sites for hydroxylation is 2. The van der Waals surface area contributed by atoms with Crippen LogP contribution in [0.4, 0.5) is 0 Å². The van der Waals surface area contributed by atoms with E-state index >= 15 is 0 Å². The van der Waals surface area contributed by atoms with Crippen LogP contribution in [0.5, 0.6) is 0 Å². The monoisotopic (exact) mass is 287 g/mol. The minimum atomic E-state index is -1.39. The van der Waals surface area contributed by atoms with E-state index in [1.807, 2.05) is 92.7 Å². The van der Waals surface area contributed by atoms with Crippen molar-refractivity contribution in [1.82, 2.24) is 0 Å². The van der Waals surface area contributed by atoms with Crippen LogP contribution in [-0.2, 0) is 10.7 Å². The van der Waals surface area contributed by atoms with Crippen LogP contribution in [0.15, 0.2) is 78.9 Å². The van der Waals surface area contributed by atoms with Crippen molar-refractivity contribution in [3.8, 4) is 0 Å². The number of rotatable bonds is 3. The van der Waals surface area contributed by atoms with Gasteiger partial charge in [0.05, 0.1) is 0 Å². The molecular formula is C21H19O. The van der Waals surface area contributed by atoms with Crippen molar-refractivity contribution in [2.24, 2.45) is 0 Å². The molecular weight excluding hydrogens is 268 g/mol. The molecule has 0 aliphatic rings. The van der Waals surface area contributed by atoms with Crippen LogP contribution >= 0.6 is 0 Å². The predicted octanol–water partition coefficient (Wildman–Crippen LogP) is 5.03. The zero-order valence-electron chi connectivity index (χ0n) is 12.9. The lowest BCUT2D eigenvalue weighted by molar-refractivity contribution is 0.0411. The highest BCUT2D eigenvalue weighted by Crippen LogP contribution is 2.37. The zero-order chi connectivity index (χ0) is 15.6. The Labute approximate surface area is 131 Å². The number of hydrogen-bond acceptors (Lipinski definition) is 0. The van der Waals surface area contributed by atoms with Gasteiger partial charge >= 0.3 is 0 Å². The summed E-state index contributed by atoms with van der Waals surface area (Å²) >= 11 is 0. The van der Waals surface area contributed by atoms with Gasteiger partial charge in [0, 0.05) is 0 Å². The Morgan fingerprint density at radius 1 is 0.545 bits per heavy atom. The summed E-state index contributed by atoms with van der Waals surface area (Å²) in [6.07, 6.45) is 0. The highest BCUT2D eigenvalue weighted by molar-refractivity contribution is 5.47. The zero-order valence-corrected chi connectivity index (χ0v) is 12.9. The predicted molar refractivity (Wildman–Crippen MR) is 89.4 cm³/mol. The van der Waals surface area contributed by atoms with E-state index in [1.54, 1.807) is 0 Å². The van der Waals surface area contributed by atoms with Gasteiger partial charge in [0.2, 0.25) is 0 Å². The fourth-order valence-electron chi connectivity index (χ4n) is 2.75. The Balaban J connectivity index is 2.22. The van der Waals surface area contributed by atoms with Crippen molar-refractivity contribution in [1.29, 1.82) is 0 Å². The van der Waals surface area contributed by atoms with E-state index in [0.717, 1.165) is 27.8 Å². The van der Waals surface area contributed by atoms with Gasteiger partial charge in [-0.3, -0.25) is 0 Å². The van der Waals surface area contributed by atoms with Crippen molar-refractivity contribution in [3.63, 3.8) is 0 Å². The molecule has 1 heteroatoms. The van der Waals surface area contributed by atoms with Crippen molar-refractivity contribution in [2.45, 2.75) is 19.4 Å². The molecule has 109 valence electrons. The van der Waals surface area contributed by atoms with Crippen LogP contribution in [0, 0.1) is 13.8 Å². The van der Waals surface area contributed by atoms with Gasteiger partial charge in [0.25, 0.3) is 0 Å². The average molecular weight is 287 g/mol. The lowest BCUT2D eigenvalue weighted by Crippen LogP contribution is -2.27. The summed E-state index contributed by atoms with van der Waals surface area (Å²) in [6, 6.07) is 25.4. The highest BCUT2D eigenvalue weighted by Gasteiger charge is 2.35. The first-order chi connectivity index (χ1) is 10.6. The maximum atomic E-state index is 13.9. The molecule has 0 spiro atoms. The first-order valence-corrected chi connectivity index (χ1v) is 7.51. The molecule has 0 heterocycles. The van der Waals surface area contributed by atoms with Gasteiger partial charge in [-0.2, -0.15) is 0 Å². The SMILES string of the molecule is Cc1ccc(C([O])(c2ccccc2)c2ccc(C)cc2)cc1. The topological polar surface area (TPSA) is 19.9 Å². The van der Waals surface area contributed by atoms with Crippen LogP contribution in [0.25, 0.3) is 0 Å². The lowest BCUT2D eigenvalue weighted by Gasteiger charge is -2.27. The summed E-state index contributed by atoms with van der Waals surface area (Å²) in [5.41, 5.74) is 3.23. The third kappa shape index (κ3) is 2.56. The minimum Gasteiger partial charge on any atom is -0.214 e. The van der Waals surface area contributed by atoms with Gasteiger partial charge in [0.1, 0.15) is 0 Å². The second kappa shape index (κ2) is 5.78. The molecule has 0 N–H and O–H groups in total. The number of hydrogen-bond donors (Lipinski definition) is 0. The van der Waals surface area contributed by atoms with Crippen LogP contribution in [0.1, 0.15) is 27.8 Å². The Morgan fingerprint density at radius 2 is 0.909 bits per heavy atom. The number of benzene rings is 3. The Bertz CT molecular complexity index is 695. The van der Waals surface area contributed by atoms with Crippen molar-refractivity contribution in [2.75, 3.05) is 0 Å². The third-order valence-electron chi connectivity index (χ3n) is 4.10. The largest absolute Gasteiger partial charge is 0.214 e. The lowest BCUT2D eigenvalue weighted by atomic mass is 9.80. The summed E-state index contributed by atoms with van der Waals surface area (Å²) in [4.78, 5) is 0. The van der Waals surface area contributed by atoms with Gasteiger partial charge in [-0.05, 0) is 30.5 Å². The summed E-state index contributed by atoms with van der Waals surface area (Å²) in [6.45, 7) is 4.06. The van der Waals surface area contributed by atoms with Gasteiger partial charge in [-0.15, -0.1) is 0 Å². The fraction of sp³-hybridized carbons (Fsp3) is 0.143. The molecule has 0 atom stereocenters. The summed E-state index contributed by atoms with van der Waals surface area (Å²) < 4.78 is 0. The second-order valence-corrected chi connectivity index (χ2v) is 5.78. The molecule has 0 saturated heterocycles. The summed E-state index contributed by atoms with van der Waals surface area (Å²) in [7, 11) is 0.